The quantitative estimate of drug-likeness (QED) is 0.441. The molecule has 0 N–H and O–H groups in total. The Labute approximate surface area is 169 Å². The maximum atomic E-state index is 14.6. The SMILES string of the molecule is CCCCOc1ccc(C2CCC(C3CCC(CCC)CC3)OC2)c(F)c1F. The first kappa shape index (κ1) is 21.5. The topological polar surface area (TPSA) is 18.5 Å². The van der Waals surface area contributed by atoms with Gasteiger partial charge in [0, 0.05) is 5.92 Å². The van der Waals surface area contributed by atoms with Gasteiger partial charge in [-0.1, -0.05) is 52.0 Å². The largest absolute Gasteiger partial charge is 0.490 e. The average molecular weight is 395 g/mol. The van der Waals surface area contributed by atoms with Gasteiger partial charge in [-0.25, -0.2) is 4.39 Å². The maximum Gasteiger partial charge on any atom is 0.200 e. The van der Waals surface area contributed by atoms with Gasteiger partial charge < -0.3 is 9.47 Å². The first-order valence-electron chi connectivity index (χ1n) is 11.4. The Morgan fingerprint density at radius 3 is 2.39 bits per heavy atom. The second-order valence-corrected chi connectivity index (χ2v) is 8.70. The third-order valence-electron chi connectivity index (χ3n) is 6.70. The molecule has 1 saturated heterocycles. The molecule has 1 saturated carbocycles. The van der Waals surface area contributed by atoms with E-state index in [1.165, 1.54) is 38.5 Å². The molecule has 158 valence electrons. The Morgan fingerprint density at radius 1 is 0.964 bits per heavy atom. The van der Waals surface area contributed by atoms with Gasteiger partial charge in [0.25, 0.3) is 0 Å². The molecule has 0 aromatic heterocycles. The lowest BCUT2D eigenvalue weighted by Gasteiger charge is -2.38. The molecule has 0 radical (unpaired) electrons. The summed E-state index contributed by atoms with van der Waals surface area (Å²) in [7, 11) is 0. The second-order valence-electron chi connectivity index (χ2n) is 8.70. The van der Waals surface area contributed by atoms with Gasteiger partial charge in [0.15, 0.2) is 11.6 Å². The summed E-state index contributed by atoms with van der Waals surface area (Å²) in [5.74, 6) is -0.121. The standard InChI is InChI=1S/C24H36F2O2/c1-3-5-15-27-22-14-12-20(23(25)24(22)26)19-11-13-21(28-16-19)18-9-7-17(6-4-2)8-10-18/h12,14,17-19,21H,3-11,13,15-16H2,1-2H3. The van der Waals surface area contributed by atoms with Crippen molar-refractivity contribution in [3.63, 3.8) is 0 Å². The zero-order chi connectivity index (χ0) is 19.9. The first-order valence-corrected chi connectivity index (χ1v) is 11.4. The fraction of sp³-hybridized carbons (Fsp3) is 0.750. The molecule has 1 aromatic carbocycles. The van der Waals surface area contributed by atoms with Crippen LogP contribution in [0.4, 0.5) is 8.78 Å². The van der Waals surface area contributed by atoms with Crippen LogP contribution in [0.5, 0.6) is 5.75 Å². The molecule has 2 nitrogen and oxygen atoms in total. The summed E-state index contributed by atoms with van der Waals surface area (Å²) in [4.78, 5) is 0. The van der Waals surface area contributed by atoms with E-state index in [1.54, 1.807) is 12.1 Å². The van der Waals surface area contributed by atoms with Crippen molar-refractivity contribution in [2.75, 3.05) is 13.2 Å². The summed E-state index contributed by atoms with van der Waals surface area (Å²) in [6, 6.07) is 3.26. The van der Waals surface area contributed by atoms with Gasteiger partial charge in [0.2, 0.25) is 5.82 Å². The van der Waals surface area contributed by atoms with Gasteiger partial charge in [0.05, 0.1) is 19.3 Å². The molecule has 0 spiro atoms. The van der Waals surface area contributed by atoms with E-state index in [2.05, 4.69) is 6.92 Å². The van der Waals surface area contributed by atoms with E-state index in [1.807, 2.05) is 6.92 Å². The summed E-state index contributed by atoms with van der Waals surface area (Å²) >= 11 is 0. The molecule has 2 aliphatic rings. The van der Waals surface area contributed by atoms with Crippen molar-refractivity contribution in [1.29, 1.82) is 0 Å². The van der Waals surface area contributed by atoms with E-state index in [0.717, 1.165) is 31.6 Å². The third-order valence-corrected chi connectivity index (χ3v) is 6.70. The summed E-state index contributed by atoms with van der Waals surface area (Å²) in [6.45, 7) is 5.21. The molecule has 1 aromatic rings. The van der Waals surface area contributed by atoms with Gasteiger partial charge in [-0.2, -0.15) is 4.39 Å². The molecule has 1 aliphatic heterocycles. The molecular weight excluding hydrogens is 358 g/mol. The van der Waals surface area contributed by atoms with Crippen molar-refractivity contribution in [1.82, 2.24) is 0 Å². The van der Waals surface area contributed by atoms with Gasteiger partial charge in [-0.3, -0.25) is 0 Å². The van der Waals surface area contributed by atoms with Crippen molar-refractivity contribution >= 4 is 0 Å². The fourth-order valence-electron chi connectivity index (χ4n) is 4.95. The zero-order valence-electron chi connectivity index (χ0n) is 17.5. The molecule has 28 heavy (non-hydrogen) atoms. The lowest BCUT2D eigenvalue weighted by molar-refractivity contribution is -0.0440. The second kappa shape index (κ2) is 10.6. The highest BCUT2D eigenvalue weighted by Crippen LogP contribution is 2.40. The van der Waals surface area contributed by atoms with Crippen LogP contribution in [0.1, 0.15) is 89.5 Å². The average Bonchev–Trinajstić information content (AvgIpc) is 2.72. The highest BCUT2D eigenvalue weighted by Gasteiger charge is 2.33. The van der Waals surface area contributed by atoms with Crippen LogP contribution in [0.15, 0.2) is 12.1 Å². The van der Waals surface area contributed by atoms with Gasteiger partial charge >= 0.3 is 0 Å². The van der Waals surface area contributed by atoms with Crippen molar-refractivity contribution in [2.45, 2.75) is 90.1 Å². The van der Waals surface area contributed by atoms with Gasteiger partial charge in [-0.05, 0) is 55.6 Å². The number of rotatable bonds is 8. The number of unbranched alkanes of at least 4 members (excludes halogenated alkanes) is 1. The molecule has 1 heterocycles. The molecule has 0 bridgehead atoms. The van der Waals surface area contributed by atoms with Crippen LogP contribution < -0.4 is 4.74 Å². The Hall–Kier alpha value is -1.16. The highest BCUT2D eigenvalue weighted by molar-refractivity contribution is 5.33. The lowest BCUT2D eigenvalue weighted by atomic mass is 9.75. The first-order chi connectivity index (χ1) is 13.6. The summed E-state index contributed by atoms with van der Waals surface area (Å²) < 4.78 is 40.5. The van der Waals surface area contributed by atoms with E-state index in [-0.39, 0.29) is 11.7 Å². The van der Waals surface area contributed by atoms with Crippen LogP contribution >= 0.6 is 0 Å². The molecule has 2 atom stereocenters. The van der Waals surface area contributed by atoms with Gasteiger partial charge in [-0.15, -0.1) is 0 Å². The summed E-state index contributed by atoms with van der Waals surface area (Å²) in [6.07, 6.45) is 11.7. The Bertz CT molecular complexity index is 603. The Kier molecular flexibility index (Phi) is 8.13. The summed E-state index contributed by atoms with van der Waals surface area (Å²) in [5.41, 5.74) is 0.436. The minimum absolute atomic E-state index is 0.0214. The minimum Gasteiger partial charge on any atom is -0.490 e. The smallest absolute Gasteiger partial charge is 0.200 e. The minimum atomic E-state index is -0.857. The highest BCUT2D eigenvalue weighted by atomic mass is 19.2. The third kappa shape index (κ3) is 5.25. The Morgan fingerprint density at radius 2 is 1.75 bits per heavy atom. The number of hydrogen-bond donors (Lipinski definition) is 0. The molecule has 2 unspecified atom stereocenters. The number of hydrogen-bond acceptors (Lipinski definition) is 2. The van der Waals surface area contributed by atoms with Crippen LogP contribution in [0.3, 0.4) is 0 Å². The van der Waals surface area contributed by atoms with Crippen molar-refractivity contribution < 1.29 is 18.3 Å². The molecule has 0 amide bonds. The van der Waals surface area contributed by atoms with E-state index in [9.17, 15) is 8.78 Å². The Balaban J connectivity index is 1.53. The monoisotopic (exact) mass is 394 g/mol. The molecule has 2 fully saturated rings. The van der Waals surface area contributed by atoms with E-state index in [0.29, 0.717) is 30.8 Å². The molecule has 3 rings (SSSR count). The van der Waals surface area contributed by atoms with Crippen molar-refractivity contribution in [3.05, 3.63) is 29.3 Å². The summed E-state index contributed by atoms with van der Waals surface area (Å²) in [5, 5.41) is 0. The molecule has 4 heteroatoms. The lowest BCUT2D eigenvalue weighted by Crippen LogP contribution is -2.33. The van der Waals surface area contributed by atoms with E-state index < -0.39 is 11.6 Å². The van der Waals surface area contributed by atoms with Crippen LogP contribution in [-0.2, 0) is 4.74 Å². The number of halogens is 2. The predicted molar refractivity (Wildman–Crippen MR) is 109 cm³/mol. The van der Waals surface area contributed by atoms with Crippen LogP contribution in [-0.4, -0.2) is 19.3 Å². The van der Waals surface area contributed by atoms with E-state index >= 15 is 0 Å². The number of benzene rings is 1. The van der Waals surface area contributed by atoms with Gasteiger partial charge in [0.1, 0.15) is 0 Å². The molecule has 1 aliphatic carbocycles. The predicted octanol–water partition coefficient (Wildman–Crippen LogP) is 7.01. The van der Waals surface area contributed by atoms with Crippen molar-refractivity contribution in [3.8, 4) is 5.75 Å². The maximum absolute atomic E-state index is 14.6. The van der Waals surface area contributed by atoms with Crippen molar-refractivity contribution in [2.24, 2.45) is 11.8 Å². The zero-order valence-corrected chi connectivity index (χ0v) is 17.5. The number of ether oxygens (including phenoxy) is 2. The van der Waals surface area contributed by atoms with Crippen LogP contribution in [0.2, 0.25) is 0 Å². The van der Waals surface area contributed by atoms with Crippen LogP contribution in [0, 0.1) is 23.5 Å². The van der Waals surface area contributed by atoms with Crippen LogP contribution in [0.25, 0.3) is 0 Å². The molecular formula is C24H36F2O2. The normalized spacial score (nSPS) is 28.3. The fourth-order valence-corrected chi connectivity index (χ4v) is 4.95. The van der Waals surface area contributed by atoms with E-state index in [4.69, 9.17) is 9.47 Å².